The van der Waals surface area contributed by atoms with Crippen molar-refractivity contribution in [3.05, 3.63) is 41.3 Å². The minimum absolute atomic E-state index is 0.648. The average molecular weight is 160 g/mol. The van der Waals surface area contributed by atoms with Crippen molar-refractivity contribution in [3.63, 3.8) is 0 Å². The van der Waals surface area contributed by atoms with Crippen molar-refractivity contribution >= 4 is 0 Å². The van der Waals surface area contributed by atoms with Gasteiger partial charge in [-0.1, -0.05) is 30.7 Å². The summed E-state index contributed by atoms with van der Waals surface area (Å²) in [4.78, 5) is 0. The molecule has 63 valence electrons. The molecule has 1 radical (unpaired) electrons. The van der Waals surface area contributed by atoms with Crippen LogP contribution in [0.15, 0.2) is 24.3 Å². The SMILES string of the molecule is NCc1ccc([C]2CCC2)cc1. The first-order valence-corrected chi connectivity index (χ1v) is 4.54. The van der Waals surface area contributed by atoms with Crippen molar-refractivity contribution in [1.82, 2.24) is 0 Å². The van der Waals surface area contributed by atoms with E-state index in [1.807, 2.05) is 0 Å². The Labute approximate surface area is 73.6 Å². The first-order chi connectivity index (χ1) is 5.90. The molecule has 0 unspecified atom stereocenters. The molecular weight excluding hydrogens is 146 g/mol. The first-order valence-electron chi connectivity index (χ1n) is 4.54. The van der Waals surface area contributed by atoms with E-state index in [0.717, 1.165) is 0 Å². The van der Waals surface area contributed by atoms with Crippen molar-refractivity contribution in [3.8, 4) is 0 Å². The molecule has 1 nitrogen and oxygen atoms in total. The van der Waals surface area contributed by atoms with Crippen LogP contribution in [0.4, 0.5) is 0 Å². The fourth-order valence-electron chi connectivity index (χ4n) is 1.52. The first kappa shape index (κ1) is 7.81. The van der Waals surface area contributed by atoms with Gasteiger partial charge in [-0.3, -0.25) is 0 Å². The number of hydrogen-bond donors (Lipinski definition) is 1. The Kier molecular flexibility index (Phi) is 2.13. The highest BCUT2D eigenvalue weighted by Crippen LogP contribution is 2.34. The van der Waals surface area contributed by atoms with E-state index in [-0.39, 0.29) is 0 Å². The molecule has 1 heteroatoms. The maximum Gasteiger partial charge on any atom is 0.0178 e. The van der Waals surface area contributed by atoms with Crippen LogP contribution in [0.25, 0.3) is 0 Å². The second-order valence-corrected chi connectivity index (χ2v) is 3.36. The Morgan fingerprint density at radius 1 is 1.08 bits per heavy atom. The van der Waals surface area contributed by atoms with Gasteiger partial charge in [0, 0.05) is 12.5 Å². The summed E-state index contributed by atoms with van der Waals surface area (Å²) in [5.41, 5.74) is 8.15. The van der Waals surface area contributed by atoms with Gasteiger partial charge in [-0.15, -0.1) is 0 Å². The lowest BCUT2D eigenvalue weighted by atomic mass is 9.80. The van der Waals surface area contributed by atoms with Crippen LogP contribution < -0.4 is 5.73 Å². The molecule has 0 heterocycles. The molecule has 0 aromatic heterocycles. The average Bonchev–Trinajstić information content (AvgIpc) is 2.03. The van der Waals surface area contributed by atoms with Gasteiger partial charge in [-0.25, -0.2) is 0 Å². The predicted octanol–water partition coefficient (Wildman–Crippen LogP) is 2.25. The van der Waals surface area contributed by atoms with E-state index in [9.17, 15) is 0 Å². The molecular formula is C11H14N. The zero-order chi connectivity index (χ0) is 8.39. The zero-order valence-corrected chi connectivity index (χ0v) is 7.22. The normalized spacial score (nSPS) is 17.4. The smallest absolute Gasteiger partial charge is 0.0178 e. The van der Waals surface area contributed by atoms with E-state index in [1.54, 1.807) is 5.92 Å². The Balaban J connectivity index is 2.13. The van der Waals surface area contributed by atoms with E-state index in [1.165, 1.54) is 30.4 Å². The molecule has 0 aliphatic heterocycles. The molecule has 1 aliphatic rings. The summed E-state index contributed by atoms with van der Waals surface area (Å²) in [6.45, 7) is 0.648. The Hall–Kier alpha value is -0.820. The summed E-state index contributed by atoms with van der Waals surface area (Å²) in [5.74, 6) is 1.61. The van der Waals surface area contributed by atoms with Crippen molar-refractivity contribution in [2.45, 2.75) is 25.8 Å². The molecule has 1 fully saturated rings. The molecule has 0 atom stereocenters. The molecule has 1 saturated carbocycles. The summed E-state index contributed by atoms with van der Waals surface area (Å²) >= 11 is 0. The van der Waals surface area contributed by atoms with E-state index in [4.69, 9.17) is 5.73 Å². The molecule has 2 rings (SSSR count). The van der Waals surface area contributed by atoms with Crippen molar-refractivity contribution in [2.75, 3.05) is 0 Å². The van der Waals surface area contributed by atoms with E-state index >= 15 is 0 Å². The van der Waals surface area contributed by atoms with Gasteiger partial charge in [-0.05, 0) is 24.0 Å². The lowest BCUT2D eigenvalue weighted by Gasteiger charge is -2.24. The summed E-state index contributed by atoms with van der Waals surface area (Å²) in [7, 11) is 0. The van der Waals surface area contributed by atoms with Gasteiger partial charge in [0.1, 0.15) is 0 Å². The molecule has 2 N–H and O–H groups in total. The van der Waals surface area contributed by atoms with Crippen molar-refractivity contribution in [1.29, 1.82) is 0 Å². The van der Waals surface area contributed by atoms with Gasteiger partial charge < -0.3 is 5.73 Å². The van der Waals surface area contributed by atoms with Crippen molar-refractivity contribution in [2.24, 2.45) is 5.73 Å². The number of hydrogen-bond acceptors (Lipinski definition) is 1. The van der Waals surface area contributed by atoms with Gasteiger partial charge in [0.05, 0.1) is 0 Å². The van der Waals surface area contributed by atoms with Gasteiger partial charge >= 0.3 is 0 Å². The van der Waals surface area contributed by atoms with Crippen LogP contribution >= 0.6 is 0 Å². The Morgan fingerprint density at radius 3 is 2.17 bits per heavy atom. The van der Waals surface area contributed by atoms with Crippen LogP contribution in [0.1, 0.15) is 30.4 Å². The third-order valence-electron chi connectivity index (χ3n) is 2.55. The Bertz CT molecular complexity index is 246. The van der Waals surface area contributed by atoms with Gasteiger partial charge in [0.25, 0.3) is 0 Å². The van der Waals surface area contributed by atoms with E-state index in [2.05, 4.69) is 24.3 Å². The molecule has 0 amide bonds. The summed E-state index contributed by atoms with van der Waals surface area (Å²) in [6, 6.07) is 8.63. The number of benzene rings is 1. The van der Waals surface area contributed by atoms with Crippen LogP contribution in [0.3, 0.4) is 0 Å². The quantitative estimate of drug-likeness (QED) is 0.705. The van der Waals surface area contributed by atoms with Crippen LogP contribution in [0, 0.1) is 5.92 Å². The third-order valence-corrected chi connectivity index (χ3v) is 2.55. The maximum atomic E-state index is 5.52. The fourth-order valence-corrected chi connectivity index (χ4v) is 1.52. The highest BCUT2D eigenvalue weighted by atomic mass is 14.5. The zero-order valence-electron chi connectivity index (χ0n) is 7.22. The van der Waals surface area contributed by atoms with Gasteiger partial charge in [-0.2, -0.15) is 0 Å². The van der Waals surface area contributed by atoms with Gasteiger partial charge in [0.2, 0.25) is 0 Å². The molecule has 0 bridgehead atoms. The largest absolute Gasteiger partial charge is 0.326 e. The molecule has 0 spiro atoms. The van der Waals surface area contributed by atoms with Crippen LogP contribution in [-0.4, -0.2) is 0 Å². The summed E-state index contributed by atoms with van der Waals surface area (Å²) in [6.07, 6.45) is 3.96. The van der Waals surface area contributed by atoms with Crippen LogP contribution in [0.5, 0.6) is 0 Å². The monoisotopic (exact) mass is 160 g/mol. The minimum Gasteiger partial charge on any atom is -0.326 e. The van der Waals surface area contributed by atoms with Crippen molar-refractivity contribution < 1.29 is 0 Å². The third kappa shape index (κ3) is 1.37. The second kappa shape index (κ2) is 3.28. The van der Waals surface area contributed by atoms with E-state index in [0.29, 0.717) is 6.54 Å². The predicted molar refractivity (Wildman–Crippen MR) is 50.5 cm³/mol. The number of nitrogens with two attached hydrogens (primary N) is 1. The molecule has 12 heavy (non-hydrogen) atoms. The highest BCUT2D eigenvalue weighted by Gasteiger charge is 2.19. The number of rotatable bonds is 2. The molecule has 1 aliphatic carbocycles. The highest BCUT2D eigenvalue weighted by molar-refractivity contribution is 5.35. The Morgan fingerprint density at radius 2 is 1.75 bits per heavy atom. The summed E-state index contributed by atoms with van der Waals surface area (Å²) in [5, 5.41) is 0. The topological polar surface area (TPSA) is 26.0 Å². The molecule has 1 aromatic carbocycles. The lowest BCUT2D eigenvalue weighted by Crippen LogP contribution is -2.09. The van der Waals surface area contributed by atoms with E-state index < -0.39 is 0 Å². The molecule has 0 saturated heterocycles. The maximum absolute atomic E-state index is 5.52. The fraction of sp³-hybridized carbons (Fsp3) is 0.364. The minimum atomic E-state index is 0.648. The second-order valence-electron chi connectivity index (χ2n) is 3.36. The standard InChI is InChI=1S/C11H14N/c12-8-9-4-6-11(7-5-9)10-2-1-3-10/h4-7H,1-3,8,12H2. The van der Waals surface area contributed by atoms with Gasteiger partial charge in [0.15, 0.2) is 0 Å². The van der Waals surface area contributed by atoms with Crippen LogP contribution in [-0.2, 0) is 6.54 Å². The summed E-state index contributed by atoms with van der Waals surface area (Å²) < 4.78 is 0. The molecule has 1 aromatic rings. The lowest BCUT2D eigenvalue weighted by molar-refractivity contribution is 0.577. The van der Waals surface area contributed by atoms with Crippen LogP contribution in [0.2, 0.25) is 0 Å².